The van der Waals surface area contributed by atoms with Gasteiger partial charge in [-0.2, -0.15) is 13.7 Å². The molecule has 2 rings (SSSR count). The van der Waals surface area contributed by atoms with Gasteiger partial charge in [0.25, 0.3) is 0 Å². The molecule has 0 N–H and O–H groups in total. The lowest BCUT2D eigenvalue weighted by molar-refractivity contribution is 0.411. The van der Waals surface area contributed by atoms with Gasteiger partial charge in [-0.25, -0.2) is 0 Å². The highest BCUT2D eigenvalue weighted by Crippen LogP contribution is 2.25. The molecule has 2 aromatic rings. The van der Waals surface area contributed by atoms with Crippen molar-refractivity contribution in [2.24, 2.45) is 0 Å². The lowest BCUT2D eigenvalue weighted by Gasteiger charge is -2.17. The molecule has 0 fully saturated rings. The maximum Gasteiger partial charge on any atom is 0.309 e. The second kappa shape index (κ2) is 7.93. The van der Waals surface area contributed by atoms with E-state index in [4.69, 9.17) is 14.2 Å². The van der Waals surface area contributed by atoms with E-state index in [2.05, 4.69) is 31.8 Å². The van der Waals surface area contributed by atoms with Gasteiger partial charge in [-0.1, -0.05) is 49.1 Å². The number of aryl methyl sites for hydroxylation is 1. The molecular formula is C19H23NO4SSi. The highest BCUT2D eigenvalue weighted by Gasteiger charge is 2.19. The Kier molecular flexibility index (Phi) is 6.11. The number of hydrogen-bond acceptors (Lipinski definition) is 5. The third-order valence-corrected chi connectivity index (χ3v) is 7.14. The van der Waals surface area contributed by atoms with Gasteiger partial charge < -0.3 is 8.92 Å². The van der Waals surface area contributed by atoms with E-state index in [-0.39, 0.29) is 17.1 Å². The van der Waals surface area contributed by atoms with Crippen LogP contribution >= 0.6 is 0 Å². The molecule has 0 aliphatic rings. The summed E-state index contributed by atoms with van der Waals surface area (Å²) in [5, 5.41) is 10.4. The summed E-state index contributed by atoms with van der Waals surface area (Å²) in [5.74, 6) is 0.254. The number of nitriles is 1. The van der Waals surface area contributed by atoms with Crippen molar-refractivity contribution in [2.45, 2.75) is 26.1 Å². The Bertz CT molecular complexity index is 927. The molecule has 2 aromatic carbocycles. The zero-order valence-electron chi connectivity index (χ0n) is 15.4. The van der Waals surface area contributed by atoms with Gasteiger partial charge in [-0.05, 0) is 24.1 Å². The monoisotopic (exact) mass is 389 g/mol. The topological polar surface area (TPSA) is 76.4 Å². The van der Waals surface area contributed by atoms with Crippen LogP contribution in [0.4, 0.5) is 0 Å². The molecular weight excluding hydrogens is 366 g/mol. The molecule has 138 valence electrons. The van der Waals surface area contributed by atoms with Crippen LogP contribution in [0.2, 0.25) is 19.6 Å². The quantitative estimate of drug-likeness (QED) is 0.537. The Morgan fingerprint density at radius 2 is 1.85 bits per heavy atom. The van der Waals surface area contributed by atoms with Crippen LogP contribution in [0.15, 0.2) is 42.5 Å². The fourth-order valence-electron chi connectivity index (χ4n) is 2.41. The first kappa shape index (κ1) is 20.0. The predicted molar refractivity (Wildman–Crippen MR) is 105 cm³/mol. The van der Waals surface area contributed by atoms with Gasteiger partial charge >= 0.3 is 10.1 Å². The second-order valence-electron chi connectivity index (χ2n) is 7.02. The summed E-state index contributed by atoms with van der Waals surface area (Å²) in [6.45, 7) is 6.74. The van der Waals surface area contributed by atoms with Crippen LogP contribution in [0.1, 0.15) is 11.1 Å². The summed E-state index contributed by atoms with van der Waals surface area (Å²) in [7, 11) is -3.82. The summed E-state index contributed by atoms with van der Waals surface area (Å²) in [6.07, 6.45) is 0.354. The largest absolute Gasteiger partial charge is 0.497 e. The molecule has 0 aromatic heterocycles. The average molecular weight is 390 g/mol. The first-order valence-corrected chi connectivity index (χ1v) is 13.3. The molecule has 0 aliphatic carbocycles. The Morgan fingerprint density at radius 3 is 2.46 bits per heavy atom. The van der Waals surface area contributed by atoms with E-state index in [9.17, 15) is 8.42 Å². The average Bonchev–Trinajstić information content (AvgIpc) is 2.59. The zero-order chi connectivity index (χ0) is 19.4. The van der Waals surface area contributed by atoms with Gasteiger partial charge in [0.05, 0.1) is 26.5 Å². The van der Waals surface area contributed by atoms with Gasteiger partial charge in [-0.15, -0.1) is 0 Å². The highest BCUT2D eigenvalue weighted by atomic mass is 32.2. The molecule has 0 spiro atoms. The van der Waals surface area contributed by atoms with E-state index >= 15 is 0 Å². The van der Waals surface area contributed by atoms with Crippen molar-refractivity contribution in [1.82, 2.24) is 0 Å². The molecule has 5 nitrogen and oxygen atoms in total. The highest BCUT2D eigenvalue weighted by molar-refractivity contribution is 7.87. The molecule has 0 amide bonds. The maximum absolute atomic E-state index is 12.4. The van der Waals surface area contributed by atoms with Crippen LogP contribution in [0.3, 0.4) is 0 Å². The number of benzene rings is 2. The van der Waals surface area contributed by atoms with Crippen molar-refractivity contribution < 1.29 is 17.3 Å². The third-order valence-electron chi connectivity index (χ3n) is 3.96. The van der Waals surface area contributed by atoms with Crippen LogP contribution in [0, 0.1) is 11.3 Å². The van der Waals surface area contributed by atoms with Crippen LogP contribution in [-0.2, 0) is 16.5 Å². The molecule has 0 aliphatic heterocycles. The normalized spacial score (nSPS) is 11.7. The molecule has 7 heteroatoms. The summed E-state index contributed by atoms with van der Waals surface area (Å²) in [6, 6.07) is 14.4. The Hall–Kier alpha value is -2.30. The van der Waals surface area contributed by atoms with Crippen LogP contribution in [0.25, 0.3) is 0 Å². The minimum absolute atomic E-state index is 0.0114. The lowest BCUT2D eigenvalue weighted by atomic mass is 10.2. The molecule has 0 unspecified atom stereocenters. The predicted octanol–water partition coefficient (Wildman–Crippen LogP) is 3.06. The fraction of sp³-hybridized carbons (Fsp3) is 0.316. The van der Waals surface area contributed by atoms with Crippen molar-refractivity contribution in [3.63, 3.8) is 0 Å². The van der Waals surface area contributed by atoms with E-state index in [1.165, 1.54) is 24.4 Å². The first-order valence-electron chi connectivity index (χ1n) is 8.24. The molecule has 0 saturated heterocycles. The molecule has 0 bridgehead atoms. The second-order valence-corrected chi connectivity index (χ2v) is 13.8. The number of ether oxygens (including phenoxy) is 1. The summed E-state index contributed by atoms with van der Waals surface area (Å²) in [5.41, 5.74) is 1.11. The van der Waals surface area contributed by atoms with Crippen molar-refractivity contribution in [3.8, 4) is 17.6 Å². The molecule has 0 atom stereocenters. The lowest BCUT2D eigenvalue weighted by Crippen LogP contribution is -2.37. The van der Waals surface area contributed by atoms with Crippen molar-refractivity contribution in [2.75, 3.05) is 12.9 Å². The molecule has 26 heavy (non-hydrogen) atoms. The van der Waals surface area contributed by atoms with Gasteiger partial charge in [-0.3, -0.25) is 0 Å². The van der Waals surface area contributed by atoms with Crippen molar-refractivity contribution in [3.05, 3.63) is 53.6 Å². The van der Waals surface area contributed by atoms with E-state index in [1.54, 1.807) is 6.07 Å². The zero-order valence-corrected chi connectivity index (χ0v) is 17.3. The minimum Gasteiger partial charge on any atom is -0.497 e. The number of hydrogen-bond donors (Lipinski definition) is 0. The standard InChI is InChI=1S/C19H23NO4SSi/c1-23-17-9-8-16(14-20)19(13-17)24-25(21,22)11-10-15-6-5-7-18(12-15)26(2,3)4/h5-9,12-13H,10-11H2,1-4H3. The molecule has 0 saturated carbocycles. The van der Waals surface area contributed by atoms with E-state index < -0.39 is 18.2 Å². The fourth-order valence-corrected chi connectivity index (χ4v) is 4.60. The Morgan fingerprint density at radius 1 is 1.12 bits per heavy atom. The number of methoxy groups -OCH3 is 1. The van der Waals surface area contributed by atoms with Gasteiger partial charge in [0.2, 0.25) is 0 Å². The summed E-state index contributed by atoms with van der Waals surface area (Å²) < 4.78 is 34.9. The van der Waals surface area contributed by atoms with Crippen LogP contribution in [-0.4, -0.2) is 29.4 Å². The third kappa shape index (κ3) is 5.35. The SMILES string of the molecule is COc1ccc(C#N)c(OS(=O)(=O)CCc2cccc([Si](C)(C)C)c2)c1. The number of rotatable bonds is 7. The van der Waals surface area contributed by atoms with Crippen molar-refractivity contribution in [1.29, 1.82) is 5.26 Å². The van der Waals surface area contributed by atoms with Gasteiger partial charge in [0, 0.05) is 6.07 Å². The first-order chi connectivity index (χ1) is 12.1. The maximum atomic E-state index is 12.4. The number of nitrogens with zero attached hydrogens (tertiary/aromatic N) is 1. The van der Waals surface area contributed by atoms with E-state index in [1.807, 2.05) is 18.2 Å². The summed E-state index contributed by atoms with van der Waals surface area (Å²) in [4.78, 5) is 0. The van der Waals surface area contributed by atoms with Gasteiger partial charge in [0.15, 0.2) is 5.75 Å². The Labute approximate surface area is 156 Å². The molecule has 0 radical (unpaired) electrons. The van der Waals surface area contributed by atoms with E-state index in [0.29, 0.717) is 12.2 Å². The minimum atomic E-state index is -3.83. The van der Waals surface area contributed by atoms with E-state index in [0.717, 1.165) is 5.56 Å². The van der Waals surface area contributed by atoms with Crippen LogP contribution in [0.5, 0.6) is 11.5 Å². The smallest absolute Gasteiger partial charge is 0.309 e. The molecule has 0 heterocycles. The Balaban J connectivity index is 2.14. The summed E-state index contributed by atoms with van der Waals surface area (Å²) >= 11 is 0. The van der Waals surface area contributed by atoms with Gasteiger partial charge in [0.1, 0.15) is 11.8 Å². The van der Waals surface area contributed by atoms with Crippen molar-refractivity contribution >= 4 is 23.4 Å². The van der Waals surface area contributed by atoms with Crippen LogP contribution < -0.4 is 14.1 Å².